The third-order valence-electron chi connectivity index (χ3n) is 1.89. The Morgan fingerprint density at radius 1 is 1.25 bits per heavy atom. The van der Waals surface area contributed by atoms with Gasteiger partial charge in [0.2, 0.25) is 0 Å². The molecule has 0 aliphatic carbocycles. The van der Waals surface area contributed by atoms with Crippen LogP contribution in [0.3, 0.4) is 0 Å². The van der Waals surface area contributed by atoms with E-state index in [0.717, 1.165) is 0 Å². The molecule has 0 N–H and O–H groups in total. The van der Waals surface area contributed by atoms with Crippen LogP contribution in [-0.2, 0) is 9.13 Å². The maximum atomic E-state index is 11.8. The average Bonchev–Trinajstić information content (AvgIpc) is 2.13. The Hall–Kier alpha value is 0.0700. The number of hydrogen-bond donors (Lipinski definition) is 0. The fourth-order valence-electron chi connectivity index (χ4n) is 0.736. The molecule has 0 saturated carbocycles. The van der Waals surface area contributed by atoms with Crippen LogP contribution in [0.1, 0.15) is 20.8 Å². The summed E-state index contributed by atoms with van der Waals surface area (Å²) in [5.74, 6) is 3.29. The van der Waals surface area contributed by atoms with Gasteiger partial charge >= 0.3 is 7.80 Å². The SMILES string of the molecule is CC[P+](=O)C=CP(=O)(CC)CC. The Kier molecular flexibility index (Phi) is 5.70. The minimum Gasteiger partial charge on any atom is -0.319 e. The maximum absolute atomic E-state index is 11.8. The van der Waals surface area contributed by atoms with E-state index < -0.39 is 14.9 Å². The lowest BCUT2D eigenvalue weighted by Gasteiger charge is -2.04. The highest BCUT2D eigenvalue weighted by atomic mass is 31.2. The van der Waals surface area contributed by atoms with Crippen LogP contribution in [0.15, 0.2) is 11.6 Å². The second-order valence-electron chi connectivity index (χ2n) is 2.62. The highest BCUT2D eigenvalue weighted by Gasteiger charge is 2.15. The first-order chi connectivity index (χ1) is 5.58. The van der Waals surface area contributed by atoms with Crippen molar-refractivity contribution in [2.24, 2.45) is 0 Å². The van der Waals surface area contributed by atoms with Gasteiger partial charge in [0.1, 0.15) is 13.3 Å². The zero-order chi connectivity index (χ0) is 9.61. The van der Waals surface area contributed by atoms with Crippen LogP contribution in [0.2, 0.25) is 0 Å². The van der Waals surface area contributed by atoms with Crippen LogP contribution in [0, 0.1) is 0 Å². The first-order valence-corrected chi connectivity index (χ1v) is 7.95. The van der Waals surface area contributed by atoms with E-state index >= 15 is 0 Å². The molecule has 0 saturated heterocycles. The highest BCUT2D eigenvalue weighted by molar-refractivity contribution is 7.67. The molecule has 0 amide bonds. The van der Waals surface area contributed by atoms with Gasteiger partial charge in [0, 0.05) is 18.1 Å². The molecular weight excluding hydrogens is 190 g/mol. The van der Waals surface area contributed by atoms with Crippen molar-refractivity contribution in [3.8, 4) is 0 Å². The van der Waals surface area contributed by atoms with E-state index in [9.17, 15) is 9.13 Å². The van der Waals surface area contributed by atoms with Gasteiger partial charge in [-0.05, 0) is 6.92 Å². The van der Waals surface area contributed by atoms with E-state index in [0.29, 0.717) is 18.5 Å². The lowest BCUT2D eigenvalue weighted by atomic mass is 11.0. The smallest absolute Gasteiger partial charge is 0.319 e. The summed E-state index contributed by atoms with van der Waals surface area (Å²) in [4.78, 5) is 0. The van der Waals surface area contributed by atoms with Crippen molar-refractivity contribution >= 4 is 14.9 Å². The molecule has 4 heteroatoms. The maximum Gasteiger partial charge on any atom is 0.369 e. The van der Waals surface area contributed by atoms with Gasteiger partial charge in [-0.25, -0.2) is 0 Å². The highest BCUT2D eigenvalue weighted by Crippen LogP contribution is 2.47. The molecule has 2 nitrogen and oxygen atoms in total. The molecule has 1 atom stereocenters. The Morgan fingerprint density at radius 3 is 2.08 bits per heavy atom. The zero-order valence-electron chi connectivity index (χ0n) is 7.99. The van der Waals surface area contributed by atoms with Gasteiger partial charge in [-0.1, -0.05) is 18.4 Å². The third kappa shape index (κ3) is 4.18. The monoisotopic (exact) mass is 207 g/mol. The lowest BCUT2D eigenvalue weighted by molar-refractivity contribution is 0.581. The minimum atomic E-state index is -2.11. The molecular formula is C8H17O2P2+. The summed E-state index contributed by atoms with van der Waals surface area (Å²) in [6.07, 6.45) is 1.99. The van der Waals surface area contributed by atoms with Crippen LogP contribution in [-0.4, -0.2) is 18.5 Å². The second kappa shape index (κ2) is 5.67. The molecule has 0 rings (SSSR count). The van der Waals surface area contributed by atoms with Gasteiger partial charge < -0.3 is 4.57 Å². The first kappa shape index (κ1) is 12.1. The van der Waals surface area contributed by atoms with Gasteiger partial charge in [-0.2, -0.15) is 0 Å². The topological polar surface area (TPSA) is 34.1 Å². The zero-order valence-corrected chi connectivity index (χ0v) is 9.78. The molecule has 1 unspecified atom stereocenters. The van der Waals surface area contributed by atoms with Crippen molar-refractivity contribution in [2.75, 3.05) is 18.5 Å². The lowest BCUT2D eigenvalue weighted by Crippen LogP contribution is -1.83. The predicted octanol–water partition coefficient (Wildman–Crippen LogP) is 3.71. The minimum absolute atomic E-state index is 0.638. The quantitative estimate of drug-likeness (QED) is 0.644. The van der Waals surface area contributed by atoms with Crippen molar-refractivity contribution < 1.29 is 9.13 Å². The molecule has 0 bridgehead atoms. The van der Waals surface area contributed by atoms with E-state index in [1.165, 1.54) is 0 Å². The van der Waals surface area contributed by atoms with Gasteiger partial charge in [0.25, 0.3) is 0 Å². The second-order valence-corrected chi connectivity index (χ2v) is 7.85. The summed E-state index contributed by atoms with van der Waals surface area (Å²) in [5, 5.41) is 0. The number of hydrogen-bond acceptors (Lipinski definition) is 2. The van der Waals surface area contributed by atoms with Crippen LogP contribution >= 0.6 is 14.9 Å². The molecule has 0 aromatic carbocycles. The molecule has 0 heterocycles. The van der Waals surface area contributed by atoms with E-state index in [1.807, 2.05) is 20.8 Å². The summed E-state index contributed by atoms with van der Waals surface area (Å²) in [6, 6.07) is 0. The molecule has 0 spiro atoms. The van der Waals surface area contributed by atoms with Crippen molar-refractivity contribution in [3.63, 3.8) is 0 Å². The molecule has 0 aliphatic rings. The van der Waals surface area contributed by atoms with Crippen LogP contribution < -0.4 is 0 Å². The summed E-state index contributed by atoms with van der Waals surface area (Å²) < 4.78 is 22.8. The van der Waals surface area contributed by atoms with Gasteiger partial charge in [0.05, 0.1) is 0 Å². The van der Waals surface area contributed by atoms with E-state index in [1.54, 1.807) is 11.6 Å². The summed E-state index contributed by atoms with van der Waals surface area (Å²) >= 11 is 0. The Bertz CT molecular complexity index is 213. The summed E-state index contributed by atoms with van der Waals surface area (Å²) in [5.41, 5.74) is 0. The van der Waals surface area contributed by atoms with E-state index in [4.69, 9.17) is 0 Å². The van der Waals surface area contributed by atoms with Crippen molar-refractivity contribution in [1.29, 1.82) is 0 Å². The van der Waals surface area contributed by atoms with Gasteiger partial charge in [-0.3, -0.25) is 0 Å². The van der Waals surface area contributed by atoms with Crippen LogP contribution in [0.4, 0.5) is 0 Å². The van der Waals surface area contributed by atoms with E-state index in [-0.39, 0.29) is 0 Å². The standard InChI is InChI=1S/C8H17O2P2/c1-4-11(9)7-8-12(10,5-2)6-3/h7-8H,4-6H2,1-3H3/q+1. The molecule has 0 aromatic rings. The summed E-state index contributed by atoms with van der Waals surface area (Å²) in [6.45, 7) is 5.69. The van der Waals surface area contributed by atoms with Crippen molar-refractivity contribution in [1.82, 2.24) is 0 Å². The number of rotatable bonds is 5. The van der Waals surface area contributed by atoms with E-state index in [2.05, 4.69) is 0 Å². The Morgan fingerprint density at radius 2 is 1.75 bits per heavy atom. The Balaban J connectivity index is 4.30. The van der Waals surface area contributed by atoms with Crippen molar-refractivity contribution in [3.05, 3.63) is 11.6 Å². The predicted molar refractivity (Wildman–Crippen MR) is 56.0 cm³/mol. The molecule has 0 fully saturated rings. The summed E-state index contributed by atoms with van der Waals surface area (Å²) in [7, 11) is -3.37. The molecule has 0 radical (unpaired) electrons. The fourth-order valence-corrected chi connectivity index (χ4v) is 3.38. The van der Waals surface area contributed by atoms with Crippen LogP contribution in [0.25, 0.3) is 0 Å². The van der Waals surface area contributed by atoms with Crippen LogP contribution in [0.5, 0.6) is 0 Å². The first-order valence-electron chi connectivity index (χ1n) is 4.28. The fraction of sp³-hybridized carbons (Fsp3) is 0.750. The normalized spacial score (nSPS) is 13.8. The largest absolute Gasteiger partial charge is 0.369 e. The molecule has 12 heavy (non-hydrogen) atoms. The average molecular weight is 207 g/mol. The Labute approximate surface area is 75.6 Å². The van der Waals surface area contributed by atoms with Crippen molar-refractivity contribution in [2.45, 2.75) is 20.8 Å². The molecule has 0 aliphatic heterocycles. The van der Waals surface area contributed by atoms with Gasteiger partial charge in [-0.15, -0.1) is 0 Å². The third-order valence-corrected chi connectivity index (χ3v) is 6.06. The molecule has 70 valence electrons. The van der Waals surface area contributed by atoms with Gasteiger partial charge in [0.15, 0.2) is 5.82 Å². The molecule has 0 aromatic heterocycles.